The Bertz CT molecular complexity index is 654. The molecule has 3 nitrogen and oxygen atoms in total. The molecule has 0 amide bonds. The number of aromatic nitrogens is 2. The zero-order valence-electron chi connectivity index (χ0n) is 11.0. The largest absolute Gasteiger partial charge is 0.296 e. The van der Waals surface area contributed by atoms with Crippen molar-refractivity contribution < 1.29 is 0 Å². The molecule has 0 fully saturated rings. The number of aryl methyl sites for hydroxylation is 3. The van der Waals surface area contributed by atoms with Gasteiger partial charge in [0, 0.05) is 17.8 Å². The summed E-state index contributed by atoms with van der Waals surface area (Å²) >= 11 is 1.74. The number of fused-ring (bicyclic) bond motifs is 3. The number of thiophene rings is 1. The Labute approximate surface area is 110 Å². The number of rotatable bonds is 2. The molecule has 0 saturated carbocycles. The van der Waals surface area contributed by atoms with Crippen molar-refractivity contribution in [3.8, 4) is 0 Å². The van der Waals surface area contributed by atoms with E-state index >= 15 is 0 Å². The van der Waals surface area contributed by atoms with Crippen LogP contribution in [-0.4, -0.2) is 9.55 Å². The van der Waals surface area contributed by atoms with E-state index in [2.05, 4.69) is 6.92 Å². The summed E-state index contributed by atoms with van der Waals surface area (Å²) in [5.41, 5.74) is 1.47. The molecule has 2 aromatic rings. The highest BCUT2D eigenvalue weighted by Gasteiger charge is 2.21. The third-order valence-electron chi connectivity index (χ3n) is 3.79. The average molecular weight is 262 g/mol. The molecule has 0 saturated heterocycles. The van der Waals surface area contributed by atoms with Gasteiger partial charge >= 0.3 is 0 Å². The lowest BCUT2D eigenvalue weighted by molar-refractivity contribution is 0.660. The molecule has 0 atom stereocenters. The van der Waals surface area contributed by atoms with Crippen molar-refractivity contribution in [2.75, 3.05) is 0 Å². The maximum atomic E-state index is 12.6. The molecule has 2 aromatic heterocycles. The van der Waals surface area contributed by atoms with Gasteiger partial charge in [0.05, 0.1) is 5.39 Å². The fourth-order valence-electron chi connectivity index (χ4n) is 2.88. The molecule has 0 aliphatic heterocycles. The minimum Gasteiger partial charge on any atom is -0.296 e. The smallest absolute Gasteiger partial charge is 0.262 e. The summed E-state index contributed by atoms with van der Waals surface area (Å²) in [5.74, 6) is 0.925. The summed E-state index contributed by atoms with van der Waals surface area (Å²) in [7, 11) is 0. The van der Waals surface area contributed by atoms with Gasteiger partial charge in [-0.1, -0.05) is 6.92 Å². The van der Waals surface area contributed by atoms with Crippen LogP contribution < -0.4 is 5.56 Å². The van der Waals surface area contributed by atoms with Crippen molar-refractivity contribution in [3.63, 3.8) is 0 Å². The zero-order valence-corrected chi connectivity index (χ0v) is 11.8. The second-order valence-electron chi connectivity index (χ2n) is 4.82. The van der Waals surface area contributed by atoms with Gasteiger partial charge in [-0.25, -0.2) is 4.98 Å². The van der Waals surface area contributed by atoms with Crippen LogP contribution in [0.15, 0.2) is 4.79 Å². The zero-order chi connectivity index (χ0) is 12.7. The van der Waals surface area contributed by atoms with Crippen molar-refractivity contribution in [2.24, 2.45) is 0 Å². The van der Waals surface area contributed by atoms with Gasteiger partial charge in [-0.2, -0.15) is 0 Å². The van der Waals surface area contributed by atoms with Gasteiger partial charge in [0.1, 0.15) is 10.7 Å². The molecule has 18 heavy (non-hydrogen) atoms. The van der Waals surface area contributed by atoms with Gasteiger partial charge < -0.3 is 0 Å². The molecule has 1 aliphatic rings. The summed E-state index contributed by atoms with van der Waals surface area (Å²) in [6.07, 6.45) is 5.47. The van der Waals surface area contributed by atoms with Crippen molar-refractivity contribution >= 4 is 21.6 Å². The Hall–Kier alpha value is -1.16. The molecule has 2 heterocycles. The van der Waals surface area contributed by atoms with Gasteiger partial charge in [-0.05, 0) is 38.2 Å². The first-order valence-corrected chi connectivity index (χ1v) is 7.61. The highest BCUT2D eigenvalue weighted by molar-refractivity contribution is 7.18. The van der Waals surface area contributed by atoms with Crippen LogP contribution in [0, 0.1) is 0 Å². The van der Waals surface area contributed by atoms with Crippen LogP contribution in [0.5, 0.6) is 0 Å². The quantitative estimate of drug-likeness (QED) is 0.834. The first-order chi connectivity index (χ1) is 8.76. The molecule has 0 N–H and O–H groups in total. The average Bonchev–Trinajstić information content (AvgIpc) is 2.76. The van der Waals surface area contributed by atoms with Crippen LogP contribution in [0.4, 0.5) is 0 Å². The van der Waals surface area contributed by atoms with E-state index in [-0.39, 0.29) is 5.56 Å². The van der Waals surface area contributed by atoms with E-state index in [0.717, 1.165) is 41.8 Å². The third kappa shape index (κ3) is 1.62. The highest BCUT2D eigenvalue weighted by atomic mass is 32.1. The molecule has 0 spiro atoms. The summed E-state index contributed by atoms with van der Waals surface area (Å²) in [6.45, 7) is 4.80. The van der Waals surface area contributed by atoms with Crippen LogP contribution >= 0.6 is 11.3 Å². The summed E-state index contributed by atoms with van der Waals surface area (Å²) in [4.78, 5) is 19.7. The van der Waals surface area contributed by atoms with Crippen molar-refractivity contribution in [2.45, 2.75) is 52.5 Å². The topological polar surface area (TPSA) is 34.9 Å². The lowest BCUT2D eigenvalue weighted by Gasteiger charge is -2.11. The van der Waals surface area contributed by atoms with Crippen LogP contribution in [-0.2, 0) is 25.8 Å². The fourth-order valence-corrected chi connectivity index (χ4v) is 4.15. The Morgan fingerprint density at radius 2 is 2.06 bits per heavy atom. The van der Waals surface area contributed by atoms with Crippen molar-refractivity contribution in [1.29, 1.82) is 0 Å². The summed E-state index contributed by atoms with van der Waals surface area (Å²) in [6, 6.07) is 0. The summed E-state index contributed by atoms with van der Waals surface area (Å²) in [5, 5.41) is 0.911. The SMILES string of the molecule is CCc1nc2sc3c(c2c(=O)n1CC)CCCC3. The second kappa shape index (κ2) is 4.50. The van der Waals surface area contributed by atoms with E-state index in [4.69, 9.17) is 4.98 Å². The lowest BCUT2D eigenvalue weighted by Crippen LogP contribution is -2.24. The van der Waals surface area contributed by atoms with E-state index in [9.17, 15) is 4.79 Å². The fraction of sp³-hybridized carbons (Fsp3) is 0.571. The Kier molecular flexibility index (Phi) is 2.98. The Balaban J connectivity index is 2.37. The van der Waals surface area contributed by atoms with E-state index < -0.39 is 0 Å². The van der Waals surface area contributed by atoms with Crippen molar-refractivity contribution in [3.05, 3.63) is 26.6 Å². The molecule has 0 aromatic carbocycles. The number of nitrogens with zero attached hydrogens (tertiary/aromatic N) is 2. The third-order valence-corrected chi connectivity index (χ3v) is 4.97. The first kappa shape index (κ1) is 11.9. The maximum absolute atomic E-state index is 12.6. The molecular formula is C14H18N2OS. The number of hydrogen-bond donors (Lipinski definition) is 0. The van der Waals surface area contributed by atoms with Crippen molar-refractivity contribution in [1.82, 2.24) is 9.55 Å². The molecule has 0 unspecified atom stereocenters. The molecule has 0 radical (unpaired) electrons. The monoisotopic (exact) mass is 262 g/mol. The van der Waals surface area contributed by atoms with Gasteiger partial charge in [-0.15, -0.1) is 11.3 Å². The molecule has 1 aliphatic carbocycles. The second-order valence-corrected chi connectivity index (χ2v) is 5.91. The first-order valence-electron chi connectivity index (χ1n) is 6.80. The minimum absolute atomic E-state index is 0.179. The normalized spacial score (nSPS) is 15.0. The maximum Gasteiger partial charge on any atom is 0.262 e. The number of hydrogen-bond acceptors (Lipinski definition) is 3. The van der Waals surface area contributed by atoms with E-state index in [1.165, 1.54) is 23.3 Å². The van der Waals surface area contributed by atoms with Crippen LogP contribution in [0.2, 0.25) is 0 Å². The molecule has 96 valence electrons. The Morgan fingerprint density at radius 1 is 1.28 bits per heavy atom. The van der Waals surface area contributed by atoms with Gasteiger partial charge in [0.2, 0.25) is 0 Å². The highest BCUT2D eigenvalue weighted by Crippen LogP contribution is 2.33. The van der Waals surface area contributed by atoms with E-state index in [0.29, 0.717) is 0 Å². The molecule has 4 heteroatoms. The molecule has 0 bridgehead atoms. The summed E-state index contributed by atoms with van der Waals surface area (Å²) < 4.78 is 1.84. The van der Waals surface area contributed by atoms with Crippen LogP contribution in [0.3, 0.4) is 0 Å². The predicted molar refractivity (Wildman–Crippen MR) is 75.6 cm³/mol. The van der Waals surface area contributed by atoms with Gasteiger partial charge in [-0.3, -0.25) is 9.36 Å². The minimum atomic E-state index is 0.179. The standard InChI is InChI=1S/C14H18N2OS/c1-3-11-15-13-12(14(17)16(11)4-2)9-7-5-6-8-10(9)18-13/h3-8H2,1-2H3. The van der Waals surface area contributed by atoms with Gasteiger partial charge in [0.25, 0.3) is 5.56 Å². The van der Waals surface area contributed by atoms with Crippen LogP contribution in [0.25, 0.3) is 10.2 Å². The molecule has 3 rings (SSSR count). The predicted octanol–water partition coefficient (Wildman–Crippen LogP) is 2.92. The Morgan fingerprint density at radius 3 is 2.78 bits per heavy atom. The van der Waals surface area contributed by atoms with Crippen LogP contribution in [0.1, 0.15) is 43.0 Å². The molecular weight excluding hydrogens is 244 g/mol. The van der Waals surface area contributed by atoms with E-state index in [1.807, 2.05) is 11.5 Å². The lowest BCUT2D eigenvalue weighted by atomic mass is 9.97. The van der Waals surface area contributed by atoms with Gasteiger partial charge in [0.15, 0.2) is 0 Å². The van der Waals surface area contributed by atoms with E-state index in [1.54, 1.807) is 11.3 Å².